The van der Waals surface area contributed by atoms with Gasteiger partial charge in [-0.15, -0.1) is 0 Å². The molecule has 0 radical (unpaired) electrons. The van der Waals surface area contributed by atoms with Crippen LogP contribution in [0.3, 0.4) is 0 Å². The number of piperazine rings is 1. The monoisotopic (exact) mass is 420 g/mol. The fourth-order valence-corrected chi connectivity index (χ4v) is 5.71. The Morgan fingerprint density at radius 3 is 2.55 bits per heavy atom. The van der Waals surface area contributed by atoms with E-state index in [1.165, 1.54) is 24.8 Å². The van der Waals surface area contributed by atoms with Gasteiger partial charge in [0.15, 0.2) is 6.04 Å². The van der Waals surface area contributed by atoms with Crippen LogP contribution < -0.4 is 10.2 Å². The number of carbonyl (C=O) groups excluding carboxylic acids is 1. The Balaban J connectivity index is 1.43. The molecule has 1 amide bonds. The van der Waals surface area contributed by atoms with Crippen molar-refractivity contribution in [3.63, 3.8) is 0 Å². The van der Waals surface area contributed by atoms with E-state index in [1.54, 1.807) is 4.31 Å². The highest BCUT2D eigenvalue weighted by Gasteiger charge is 2.33. The molecule has 29 heavy (non-hydrogen) atoms. The molecule has 0 spiro atoms. The molecule has 1 aliphatic heterocycles. The molecule has 0 aromatic heterocycles. The molecule has 1 aliphatic carbocycles. The van der Waals surface area contributed by atoms with E-state index in [2.05, 4.69) is 11.4 Å². The quantitative estimate of drug-likeness (QED) is 0.619. The van der Waals surface area contributed by atoms with Crippen LogP contribution in [0.4, 0.5) is 0 Å². The summed E-state index contributed by atoms with van der Waals surface area (Å²) in [6.07, 6.45) is 8.14. The number of amides is 1. The minimum absolute atomic E-state index is 0.0368. The summed E-state index contributed by atoms with van der Waals surface area (Å²) in [7, 11) is -3.32. The number of benzene rings is 1. The van der Waals surface area contributed by atoms with E-state index in [0.717, 1.165) is 23.3 Å². The van der Waals surface area contributed by atoms with E-state index in [1.807, 2.05) is 37.3 Å². The van der Waals surface area contributed by atoms with Gasteiger partial charge in [-0.1, -0.05) is 42.0 Å². The van der Waals surface area contributed by atoms with Gasteiger partial charge in [-0.3, -0.25) is 4.79 Å². The van der Waals surface area contributed by atoms with Crippen LogP contribution >= 0.6 is 0 Å². The van der Waals surface area contributed by atoms with Gasteiger partial charge in [-0.05, 0) is 44.6 Å². The largest absolute Gasteiger partial charge is 0.351 e. The fraction of sp³-hybridized carbons (Fsp3) is 0.591. The van der Waals surface area contributed by atoms with Crippen molar-refractivity contribution in [3.05, 3.63) is 47.5 Å². The lowest BCUT2D eigenvalue weighted by atomic mass is 9.97. The number of carbonyl (C=O) groups is 1. The van der Waals surface area contributed by atoms with Crippen molar-refractivity contribution < 1.29 is 18.1 Å². The van der Waals surface area contributed by atoms with E-state index >= 15 is 0 Å². The Kier molecular flexibility index (Phi) is 7.86. The average Bonchev–Trinajstić information content (AvgIpc) is 2.74. The Morgan fingerprint density at radius 1 is 1.17 bits per heavy atom. The van der Waals surface area contributed by atoms with Crippen molar-refractivity contribution in [1.29, 1.82) is 0 Å². The SMILES string of the molecule is C[C@H](C(=O)NCCC1=CCCCC1)[NH+]1CCN(S(=O)(=O)Cc2ccccc2)CC1. The van der Waals surface area contributed by atoms with Crippen LogP contribution in [-0.2, 0) is 20.6 Å². The highest BCUT2D eigenvalue weighted by molar-refractivity contribution is 7.88. The maximum absolute atomic E-state index is 12.7. The maximum atomic E-state index is 12.7. The zero-order chi connectivity index (χ0) is 20.7. The second-order valence-corrected chi connectivity index (χ2v) is 10.1. The summed E-state index contributed by atoms with van der Waals surface area (Å²) in [5.41, 5.74) is 2.27. The summed E-state index contributed by atoms with van der Waals surface area (Å²) >= 11 is 0. The van der Waals surface area contributed by atoms with Crippen LogP contribution in [0.5, 0.6) is 0 Å². The molecular formula is C22H34N3O3S+. The molecule has 160 valence electrons. The lowest BCUT2D eigenvalue weighted by Crippen LogP contribution is -3.19. The minimum Gasteiger partial charge on any atom is -0.351 e. The Bertz CT molecular complexity index is 800. The van der Waals surface area contributed by atoms with Crippen LogP contribution in [0.25, 0.3) is 0 Å². The van der Waals surface area contributed by atoms with Gasteiger partial charge in [-0.25, -0.2) is 8.42 Å². The zero-order valence-corrected chi connectivity index (χ0v) is 18.2. The van der Waals surface area contributed by atoms with Crippen LogP contribution in [0, 0.1) is 0 Å². The summed E-state index contributed by atoms with van der Waals surface area (Å²) in [4.78, 5) is 13.7. The van der Waals surface area contributed by atoms with E-state index in [-0.39, 0.29) is 17.7 Å². The number of nitrogens with one attached hydrogen (secondary N) is 2. The Hall–Kier alpha value is -1.70. The van der Waals surface area contributed by atoms with E-state index in [9.17, 15) is 13.2 Å². The summed E-state index contributed by atoms with van der Waals surface area (Å²) < 4.78 is 27.0. The van der Waals surface area contributed by atoms with Crippen LogP contribution in [0.1, 0.15) is 44.6 Å². The Morgan fingerprint density at radius 2 is 1.90 bits per heavy atom. The number of allylic oxidation sites excluding steroid dienone is 1. The zero-order valence-electron chi connectivity index (χ0n) is 17.4. The predicted octanol–water partition coefficient (Wildman–Crippen LogP) is 1.11. The third-order valence-electron chi connectivity index (χ3n) is 6.09. The first-order valence-electron chi connectivity index (χ1n) is 10.8. The molecule has 0 saturated carbocycles. The first-order chi connectivity index (χ1) is 14.0. The van der Waals surface area contributed by atoms with Gasteiger partial charge in [0, 0.05) is 6.54 Å². The van der Waals surface area contributed by atoms with Crippen molar-refractivity contribution in [2.75, 3.05) is 32.7 Å². The molecular weight excluding hydrogens is 386 g/mol. The highest BCUT2D eigenvalue weighted by atomic mass is 32.2. The van der Waals surface area contributed by atoms with E-state index in [4.69, 9.17) is 0 Å². The van der Waals surface area contributed by atoms with Gasteiger partial charge in [0.25, 0.3) is 5.91 Å². The molecule has 0 unspecified atom stereocenters. The van der Waals surface area contributed by atoms with Crippen LogP contribution in [0.2, 0.25) is 0 Å². The number of quaternary nitrogens is 1. The highest BCUT2D eigenvalue weighted by Crippen LogP contribution is 2.19. The number of hydrogen-bond acceptors (Lipinski definition) is 3. The van der Waals surface area contributed by atoms with Crippen molar-refractivity contribution >= 4 is 15.9 Å². The molecule has 1 aromatic carbocycles. The first-order valence-corrected chi connectivity index (χ1v) is 12.4. The van der Waals surface area contributed by atoms with Gasteiger partial charge < -0.3 is 10.2 Å². The normalized spacial score (nSPS) is 20.1. The number of nitrogens with zero attached hydrogens (tertiary/aromatic N) is 1. The third-order valence-corrected chi connectivity index (χ3v) is 7.94. The molecule has 7 heteroatoms. The van der Waals surface area contributed by atoms with E-state index < -0.39 is 10.0 Å². The average molecular weight is 421 g/mol. The molecule has 1 saturated heterocycles. The maximum Gasteiger partial charge on any atom is 0.278 e. The topological polar surface area (TPSA) is 70.9 Å². The standard InChI is InChI=1S/C22H33N3O3S/c1-19(22(26)23-13-12-20-8-4-2-5-9-20)24-14-16-25(17-15-24)29(27,28)18-21-10-6-3-7-11-21/h3,6-8,10-11,19H,2,4-5,9,12-18H2,1H3,(H,23,26)/p+1/t19-/m1/s1. The molecule has 1 aromatic rings. The van der Waals surface area contributed by atoms with Crippen LogP contribution in [-0.4, -0.2) is 57.4 Å². The number of rotatable bonds is 8. The molecule has 2 aliphatic rings. The van der Waals surface area contributed by atoms with E-state index in [0.29, 0.717) is 32.7 Å². The molecule has 1 fully saturated rings. The number of hydrogen-bond donors (Lipinski definition) is 2. The summed E-state index contributed by atoms with van der Waals surface area (Å²) in [5.74, 6) is 0.103. The third kappa shape index (κ3) is 6.39. The van der Waals surface area contributed by atoms with Crippen molar-refractivity contribution in [3.8, 4) is 0 Å². The van der Waals surface area contributed by atoms with Gasteiger partial charge in [-0.2, -0.15) is 4.31 Å². The summed E-state index contributed by atoms with van der Waals surface area (Å²) in [6, 6.07) is 9.13. The van der Waals surface area contributed by atoms with Gasteiger partial charge in [0.05, 0.1) is 31.9 Å². The van der Waals surface area contributed by atoms with Crippen molar-refractivity contribution in [1.82, 2.24) is 9.62 Å². The molecule has 3 rings (SSSR count). The van der Waals surface area contributed by atoms with Gasteiger partial charge in [0.1, 0.15) is 0 Å². The van der Waals surface area contributed by atoms with Crippen molar-refractivity contribution in [2.45, 2.75) is 50.8 Å². The molecule has 2 N–H and O–H groups in total. The molecule has 1 heterocycles. The minimum atomic E-state index is -3.32. The fourth-order valence-electron chi connectivity index (χ4n) is 4.18. The Labute approximate surface area is 175 Å². The van der Waals surface area contributed by atoms with Gasteiger partial charge in [0.2, 0.25) is 10.0 Å². The lowest BCUT2D eigenvalue weighted by molar-refractivity contribution is -0.917. The second kappa shape index (κ2) is 10.4. The summed E-state index contributed by atoms with van der Waals surface area (Å²) in [6.45, 7) is 4.89. The molecule has 0 bridgehead atoms. The summed E-state index contributed by atoms with van der Waals surface area (Å²) in [5, 5.41) is 3.07. The molecule has 1 atom stereocenters. The second-order valence-electron chi connectivity index (χ2n) is 8.17. The predicted molar refractivity (Wildman–Crippen MR) is 115 cm³/mol. The van der Waals surface area contributed by atoms with Gasteiger partial charge >= 0.3 is 0 Å². The number of sulfonamides is 1. The molecule has 6 nitrogen and oxygen atoms in total. The van der Waals surface area contributed by atoms with Crippen LogP contribution in [0.15, 0.2) is 42.0 Å². The first kappa shape index (κ1) is 22.0. The van der Waals surface area contributed by atoms with Crippen molar-refractivity contribution in [2.24, 2.45) is 0 Å². The smallest absolute Gasteiger partial charge is 0.278 e. The lowest BCUT2D eigenvalue weighted by Gasteiger charge is -2.34.